The second-order valence-electron chi connectivity index (χ2n) is 5.30. The molecule has 2 rings (SSSR count). The third-order valence-electron chi connectivity index (χ3n) is 3.68. The topological polar surface area (TPSA) is 88.5 Å². The van der Waals surface area contributed by atoms with Crippen LogP contribution in [0.3, 0.4) is 0 Å². The number of nitrogens with one attached hydrogen (secondary N) is 1. The quantitative estimate of drug-likeness (QED) is 0.837. The van der Waals surface area contributed by atoms with Gasteiger partial charge in [0.05, 0.1) is 22.6 Å². The summed E-state index contributed by atoms with van der Waals surface area (Å²) in [6.45, 7) is 0.0750. The third-order valence-corrected chi connectivity index (χ3v) is 5.59. The number of rotatable bonds is 3. The summed E-state index contributed by atoms with van der Waals surface area (Å²) in [6, 6.07) is 0.865. The van der Waals surface area contributed by atoms with Crippen molar-refractivity contribution in [1.82, 2.24) is 14.8 Å². The Balaban J connectivity index is 2.27. The fourth-order valence-corrected chi connectivity index (χ4v) is 4.30. The van der Waals surface area contributed by atoms with Crippen LogP contribution in [0, 0.1) is 0 Å². The van der Waals surface area contributed by atoms with Gasteiger partial charge in [-0.25, -0.2) is 8.42 Å². The average Bonchev–Trinajstić information content (AvgIpc) is 2.76. The smallest absolute Gasteiger partial charge is 0.270 e. The fraction of sp³-hybridized carbons (Fsp3) is 0.538. The molecule has 1 aromatic rings. The number of carbonyl (C=O) groups is 2. The number of carbonyl (C=O) groups excluding carboxylic acids is 2. The van der Waals surface area contributed by atoms with Crippen molar-refractivity contribution in [1.29, 1.82) is 0 Å². The highest BCUT2D eigenvalue weighted by molar-refractivity contribution is 7.91. The molecule has 7 nitrogen and oxygen atoms in total. The van der Waals surface area contributed by atoms with Crippen LogP contribution in [0.2, 0.25) is 5.02 Å². The van der Waals surface area contributed by atoms with Crippen molar-refractivity contribution < 1.29 is 18.0 Å². The molecular weight excluding hydrogens is 330 g/mol. The van der Waals surface area contributed by atoms with Gasteiger partial charge in [0.2, 0.25) is 5.91 Å². The Hall–Kier alpha value is -1.54. The van der Waals surface area contributed by atoms with Crippen molar-refractivity contribution in [3.8, 4) is 0 Å². The van der Waals surface area contributed by atoms with E-state index in [9.17, 15) is 18.0 Å². The summed E-state index contributed by atoms with van der Waals surface area (Å²) in [5, 5.41) is 2.89. The highest BCUT2D eigenvalue weighted by Gasteiger charge is 2.36. The predicted octanol–water partition coefficient (Wildman–Crippen LogP) is 0.0538. The SMILES string of the molecule is CNC(=O)CC1CS(=O)(=O)CCN1C(=O)c1cc(Cl)cn1C. The third kappa shape index (κ3) is 3.61. The molecule has 1 aliphatic rings. The van der Waals surface area contributed by atoms with Gasteiger partial charge >= 0.3 is 0 Å². The number of nitrogens with zero attached hydrogens (tertiary/aromatic N) is 2. The molecule has 2 amide bonds. The van der Waals surface area contributed by atoms with Gasteiger partial charge in [0, 0.05) is 33.3 Å². The van der Waals surface area contributed by atoms with Crippen LogP contribution in [-0.2, 0) is 21.7 Å². The normalized spacial score (nSPS) is 20.7. The van der Waals surface area contributed by atoms with Gasteiger partial charge in [0.1, 0.15) is 5.69 Å². The van der Waals surface area contributed by atoms with Crippen LogP contribution in [0.25, 0.3) is 0 Å². The van der Waals surface area contributed by atoms with Gasteiger partial charge in [-0.05, 0) is 6.07 Å². The Kier molecular flexibility index (Phi) is 4.81. The molecule has 1 unspecified atom stereocenters. The zero-order valence-electron chi connectivity index (χ0n) is 12.4. The summed E-state index contributed by atoms with van der Waals surface area (Å²) in [5.41, 5.74) is 0.367. The number of hydrogen-bond acceptors (Lipinski definition) is 4. The van der Waals surface area contributed by atoms with Crippen LogP contribution in [0.4, 0.5) is 0 Å². The average molecular weight is 348 g/mol. The molecule has 1 N–H and O–H groups in total. The largest absolute Gasteiger partial charge is 0.359 e. The number of sulfone groups is 1. The van der Waals surface area contributed by atoms with Crippen molar-refractivity contribution in [2.75, 3.05) is 25.1 Å². The van der Waals surface area contributed by atoms with E-state index in [1.807, 2.05) is 0 Å². The van der Waals surface area contributed by atoms with Gasteiger partial charge < -0.3 is 14.8 Å². The van der Waals surface area contributed by atoms with E-state index in [-0.39, 0.29) is 36.3 Å². The molecule has 122 valence electrons. The highest BCUT2D eigenvalue weighted by atomic mass is 35.5. The lowest BCUT2D eigenvalue weighted by molar-refractivity contribution is -0.121. The van der Waals surface area contributed by atoms with Crippen LogP contribution < -0.4 is 5.32 Å². The minimum atomic E-state index is -3.25. The molecule has 9 heteroatoms. The standard InChI is InChI=1S/C13H18ClN3O4S/c1-15-12(18)6-10-8-22(20,21)4-3-17(10)13(19)11-5-9(14)7-16(11)2/h5,7,10H,3-4,6,8H2,1-2H3,(H,15,18). The van der Waals surface area contributed by atoms with Gasteiger partial charge in [-0.2, -0.15) is 0 Å². The van der Waals surface area contributed by atoms with Crippen LogP contribution in [-0.4, -0.2) is 60.8 Å². The molecule has 0 aromatic carbocycles. The van der Waals surface area contributed by atoms with Crippen LogP contribution >= 0.6 is 11.6 Å². The van der Waals surface area contributed by atoms with E-state index >= 15 is 0 Å². The van der Waals surface area contributed by atoms with E-state index in [2.05, 4.69) is 5.32 Å². The number of aromatic nitrogens is 1. The molecule has 2 heterocycles. The minimum absolute atomic E-state index is 0.0420. The summed E-state index contributed by atoms with van der Waals surface area (Å²) in [4.78, 5) is 25.7. The van der Waals surface area contributed by atoms with E-state index < -0.39 is 15.9 Å². The van der Waals surface area contributed by atoms with E-state index in [4.69, 9.17) is 11.6 Å². The molecule has 0 bridgehead atoms. The summed E-state index contributed by atoms with van der Waals surface area (Å²) in [6.07, 6.45) is 1.56. The number of hydrogen-bond donors (Lipinski definition) is 1. The Morgan fingerprint density at radius 2 is 2.14 bits per heavy atom. The molecule has 1 aliphatic heterocycles. The first-order chi connectivity index (χ1) is 10.2. The maximum absolute atomic E-state index is 12.6. The van der Waals surface area contributed by atoms with Crippen molar-refractivity contribution >= 4 is 33.3 Å². The van der Waals surface area contributed by atoms with Gasteiger partial charge in [0.25, 0.3) is 5.91 Å². The lowest BCUT2D eigenvalue weighted by Gasteiger charge is -2.35. The van der Waals surface area contributed by atoms with Gasteiger partial charge in [-0.15, -0.1) is 0 Å². The molecule has 0 radical (unpaired) electrons. The highest BCUT2D eigenvalue weighted by Crippen LogP contribution is 2.20. The number of halogens is 1. The predicted molar refractivity (Wildman–Crippen MR) is 82.6 cm³/mol. The lowest BCUT2D eigenvalue weighted by Crippen LogP contribution is -2.52. The summed E-state index contributed by atoms with van der Waals surface area (Å²) in [5.74, 6) is -0.922. The van der Waals surface area contributed by atoms with E-state index in [1.54, 1.807) is 17.8 Å². The maximum atomic E-state index is 12.6. The molecule has 1 atom stereocenters. The van der Waals surface area contributed by atoms with Gasteiger partial charge in [-0.3, -0.25) is 9.59 Å². The first-order valence-electron chi connectivity index (χ1n) is 6.77. The Morgan fingerprint density at radius 3 is 2.68 bits per heavy atom. The van der Waals surface area contributed by atoms with E-state index in [0.717, 1.165) is 0 Å². The molecule has 0 spiro atoms. The zero-order valence-corrected chi connectivity index (χ0v) is 13.9. The van der Waals surface area contributed by atoms with Crippen molar-refractivity contribution in [2.45, 2.75) is 12.5 Å². The Labute approximate surface area is 134 Å². The molecule has 22 heavy (non-hydrogen) atoms. The van der Waals surface area contributed by atoms with Crippen LogP contribution in [0.15, 0.2) is 12.3 Å². The van der Waals surface area contributed by atoms with Crippen LogP contribution in [0.5, 0.6) is 0 Å². The molecule has 1 aromatic heterocycles. The Bertz CT molecular complexity index is 698. The van der Waals surface area contributed by atoms with Crippen LogP contribution in [0.1, 0.15) is 16.9 Å². The molecule has 1 saturated heterocycles. The zero-order chi connectivity index (χ0) is 16.5. The lowest BCUT2D eigenvalue weighted by atomic mass is 10.1. The summed E-state index contributed by atoms with van der Waals surface area (Å²) < 4.78 is 25.2. The van der Waals surface area contributed by atoms with Crippen molar-refractivity contribution in [3.05, 3.63) is 23.0 Å². The second-order valence-corrected chi connectivity index (χ2v) is 7.96. The molecule has 1 fully saturated rings. The molecule has 0 aliphatic carbocycles. The summed E-state index contributed by atoms with van der Waals surface area (Å²) >= 11 is 5.89. The molecular formula is C13H18ClN3O4S. The first-order valence-corrected chi connectivity index (χ1v) is 8.97. The summed E-state index contributed by atoms with van der Waals surface area (Å²) in [7, 11) is -0.0830. The van der Waals surface area contributed by atoms with Crippen molar-refractivity contribution in [2.24, 2.45) is 7.05 Å². The molecule has 0 saturated carbocycles. The maximum Gasteiger partial charge on any atom is 0.270 e. The van der Waals surface area contributed by atoms with Crippen molar-refractivity contribution in [3.63, 3.8) is 0 Å². The number of aryl methyl sites for hydroxylation is 1. The first kappa shape index (κ1) is 16.8. The van der Waals surface area contributed by atoms with Gasteiger partial charge in [-0.1, -0.05) is 11.6 Å². The minimum Gasteiger partial charge on any atom is -0.359 e. The van der Waals surface area contributed by atoms with Gasteiger partial charge in [0.15, 0.2) is 9.84 Å². The van der Waals surface area contributed by atoms with E-state index in [1.165, 1.54) is 18.0 Å². The monoisotopic (exact) mass is 347 g/mol. The number of amides is 2. The fourth-order valence-electron chi connectivity index (χ4n) is 2.52. The van der Waals surface area contributed by atoms with E-state index in [0.29, 0.717) is 10.7 Å². The second kappa shape index (κ2) is 6.29. The Morgan fingerprint density at radius 1 is 1.45 bits per heavy atom.